The van der Waals surface area contributed by atoms with E-state index in [9.17, 15) is 14.4 Å². The first kappa shape index (κ1) is 23.1. The first-order chi connectivity index (χ1) is 15.8. The summed E-state index contributed by atoms with van der Waals surface area (Å²) >= 11 is 0. The number of rotatable bonds is 5. The second kappa shape index (κ2) is 9.41. The summed E-state index contributed by atoms with van der Waals surface area (Å²) in [6, 6.07) is 7.32. The minimum atomic E-state index is -0.901. The van der Waals surface area contributed by atoms with Crippen molar-refractivity contribution in [2.75, 3.05) is 14.2 Å². The monoisotopic (exact) mass is 453 g/mol. The Bertz CT molecular complexity index is 1020. The van der Waals surface area contributed by atoms with Crippen LogP contribution in [0.2, 0.25) is 0 Å². The van der Waals surface area contributed by atoms with Gasteiger partial charge < -0.3 is 19.5 Å². The minimum Gasteiger partial charge on any atom is -0.497 e. The van der Waals surface area contributed by atoms with Crippen LogP contribution < -0.4 is 10.1 Å². The average Bonchev–Trinajstić information content (AvgIpc) is 3.30. The van der Waals surface area contributed by atoms with E-state index in [0.717, 1.165) is 36.9 Å². The summed E-state index contributed by atoms with van der Waals surface area (Å²) in [4.78, 5) is 39.6. The summed E-state index contributed by atoms with van der Waals surface area (Å²) in [5.74, 6) is -2.34. The topological polar surface area (TPSA) is 90.9 Å². The Morgan fingerprint density at radius 1 is 1.06 bits per heavy atom. The van der Waals surface area contributed by atoms with E-state index in [2.05, 4.69) is 5.32 Å². The molecule has 1 aromatic rings. The Morgan fingerprint density at radius 3 is 2.33 bits per heavy atom. The minimum absolute atomic E-state index is 0.102. The smallest absolute Gasteiger partial charge is 0.337 e. The Kier molecular flexibility index (Phi) is 6.58. The molecule has 0 amide bonds. The van der Waals surface area contributed by atoms with Crippen LogP contribution in [0.15, 0.2) is 46.8 Å². The van der Waals surface area contributed by atoms with Crippen LogP contribution in [0.3, 0.4) is 0 Å². The molecule has 0 saturated heterocycles. The van der Waals surface area contributed by atoms with Crippen LogP contribution in [0.4, 0.5) is 0 Å². The molecule has 4 rings (SSSR count). The van der Waals surface area contributed by atoms with E-state index >= 15 is 0 Å². The number of carbonyl (C=O) groups excluding carboxylic acids is 3. The second-order valence-electron chi connectivity index (χ2n) is 9.12. The van der Waals surface area contributed by atoms with E-state index in [1.807, 2.05) is 26.0 Å². The molecule has 7 heteroatoms. The maximum absolute atomic E-state index is 13.7. The highest BCUT2D eigenvalue weighted by Gasteiger charge is 2.47. The lowest BCUT2D eigenvalue weighted by Crippen LogP contribution is -2.43. The summed E-state index contributed by atoms with van der Waals surface area (Å²) in [5.41, 5.74) is 3.06. The van der Waals surface area contributed by atoms with E-state index in [0.29, 0.717) is 29.0 Å². The van der Waals surface area contributed by atoms with Crippen LogP contribution in [0, 0.1) is 11.8 Å². The van der Waals surface area contributed by atoms with Gasteiger partial charge in [-0.1, -0.05) is 19.1 Å². The standard InChI is InChI=1S/C26H31NO6/c1-14-13-19-23(24(28)20(14)25(29)32-4)22(16-9-11-17(31-3)12-10-16)21(15(2)27-19)26(30)33-18-7-5-6-8-18/h9-12,14,18,20,22,27H,5-8,13H2,1-4H3/t14-,20-,22-/m1/s1. The molecular formula is C26H31NO6. The van der Waals surface area contributed by atoms with Crippen molar-refractivity contribution in [2.45, 2.75) is 58.0 Å². The van der Waals surface area contributed by atoms with Gasteiger partial charge in [-0.25, -0.2) is 4.79 Å². The number of dihydropyridines is 1. The van der Waals surface area contributed by atoms with Crippen molar-refractivity contribution in [1.29, 1.82) is 0 Å². The van der Waals surface area contributed by atoms with Gasteiger partial charge in [-0.15, -0.1) is 0 Å². The molecule has 1 heterocycles. The molecule has 0 bridgehead atoms. The van der Waals surface area contributed by atoms with Crippen LogP contribution in [0.5, 0.6) is 5.75 Å². The van der Waals surface area contributed by atoms with Crippen molar-refractivity contribution in [1.82, 2.24) is 5.32 Å². The Labute approximate surface area is 194 Å². The zero-order chi connectivity index (χ0) is 23.7. The number of methoxy groups -OCH3 is 2. The van der Waals surface area contributed by atoms with Gasteiger partial charge in [-0.3, -0.25) is 9.59 Å². The average molecular weight is 454 g/mol. The van der Waals surface area contributed by atoms with Crippen molar-refractivity contribution in [3.63, 3.8) is 0 Å². The van der Waals surface area contributed by atoms with Gasteiger partial charge in [0.2, 0.25) is 0 Å². The summed E-state index contributed by atoms with van der Waals surface area (Å²) < 4.78 is 16.1. The van der Waals surface area contributed by atoms with Crippen LogP contribution in [-0.2, 0) is 23.9 Å². The van der Waals surface area contributed by atoms with E-state index in [1.165, 1.54) is 7.11 Å². The molecule has 1 aromatic carbocycles. The molecule has 1 saturated carbocycles. The first-order valence-electron chi connectivity index (χ1n) is 11.5. The number of benzene rings is 1. The number of hydrogen-bond donors (Lipinski definition) is 1. The fraction of sp³-hybridized carbons (Fsp3) is 0.500. The maximum atomic E-state index is 13.7. The fourth-order valence-corrected chi connectivity index (χ4v) is 5.30. The predicted octanol–water partition coefficient (Wildman–Crippen LogP) is 3.79. The van der Waals surface area contributed by atoms with Crippen LogP contribution in [0.1, 0.15) is 57.4 Å². The molecule has 7 nitrogen and oxygen atoms in total. The molecule has 3 atom stereocenters. The summed E-state index contributed by atoms with van der Waals surface area (Å²) in [6.07, 6.45) is 4.21. The lowest BCUT2D eigenvalue weighted by molar-refractivity contribution is -0.151. The van der Waals surface area contributed by atoms with Crippen molar-refractivity contribution >= 4 is 17.7 Å². The number of Topliss-reactive ketones (excluding diaryl/α,β-unsaturated/α-hetero) is 1. The number of nitrogens with one attached hydrogen (secondary N) is 1. The molecule has 2 aliphatic carbocycles. The largest absolute Gasteiger partial charge is 0.497 e. The van der Waals surface area contributed by atoms with E-state index in [4.69, 9.17) is 14.2 Å². The Morgan fingerprint density at radius 2 is 1.73 bits per heavy atom. The number of esters is 2. The third kappa shape index (κ3) is 4.28. The van der Waals surface area contributed by atoms with Crippen LogP contribution >= 0.6 is 0 Å². The molecule has 0 spiro atoms. The molecule has 0 aromatic heterocycles. The summed E-state index contributed by atoms with van der Waals surface area (Å²) in [7, 11) is 2.88. The number of allylic oxidation sites excluding steroid dienone is 3. The van der Waals surface area contributed by atoms with E-state index in [-0.39, 0.29) is 17.8 Å². The normalized spacial score (nSPS) is 25.5. The van der Waals surface area contributed by atoms with Crippen molar-refractivity contribution < 1.29 is 28.6 Å². The second-order valence-corrected chi connectivity index (χ2v) is 9.12. The van der Waals surface area contributed by atoms with Crippen LogP contribution in [-0.4, -0.2) is 38.0 Å². The molecule has 33 heavy (non-hydrogen) atoms. The lowest BCUT2D eigenvalue weighted by atomic mass is 9.69. The summed E-state index contributed by atoms with van der Waals surface area (Å²) in [5, 5.41) is 3.30. The van der Waals surface area contributed by atoms with Crippen molar-refractivity contribution in [3.8, 4) is 5.75 Å². The zero-order valence-corrected chi connectivity index (χ0v) is 19.6. The van der Waals surface area contributed by atoms with E-state index < -0.39 is 23.8 Å². The molecule has 1 N–H and O–H groups in total. The number of ketones is 1. The SMILES string of the molecule is COC(=O)[C@H]1C(=O)C2=C(C[C@H]1C)NC(C)=C(C(=O)OC1CCCC1)[C@H]2c1ccc(OC)cc1. The third-order valence-corrected chi connectivity index (χ3v) is 6.99. The van der Waals surface area contributed by atoms with Gasteiger partial charge in [-0.05, 0) is 62.6 Å². The molecular weight excluding hydrogens is 422 g/mol. The van der Waals surface area contributed by atoms with Gasteiger partial charge in [0.05, 0.1) is 19.8 Å². The highest BCUT2D eigenvalue weighted by atomic mass is 16.5. The molecule has 0 radical (unpaired) electrons. The van der Waals surface area contributed by atoms with Gasteiger partial charge in [0, 0.05) is 22.9 Å². The van der Waals surface area contributed by atoms with Gasteiger partial charge in [-0.2, -0.15) is 0 Å². The molecule has 1 fully saturated rings. The van der Waals surface area contributed by atoms with E-state index in [1.54, 1.807) is 19.2 Å². The first-order valence-corrected chi connectivity index (χ1v) is 11.5. The highest BCUT2D eigenvalue weighted by molar-refractivity contribution is 6.12. The fourth-order valence-electron chi connectivity index (χ4n) is 5.30. The lowest BCUT2D eigenvalue weighted by Gasteiger charge is -2.38. The highest BCUT2D eigenvalue weighted by Crippen LogP contribution is 2.46. The summed E-state index contributed by atoms with van der Waals surface area (Å²) in [6.45, 7) is 3.71. The Balaban J connectivity index is 1.79. The maximum Gasteiger partial charge on any atom is 0.337 e. The van der Waals surface area contributed by atoms with Crippen molar-refractivity contribution in [2.24, 2.45) is 11.8 Å². The molecule has 0 unspecified atom stereocenters. The molecule has 176 valence electrons. The predicted molar refractivity (Wildman–Crippen MR) is 121 cm³/mol. The zero-order valence-electron chi connectivity index (χ0n) is 19.6. The van der Waals surface area contributed by atoms with Crippen molar-refractivity contribution in [3.05, 3.63) is 52.4 Å². The van der Waals surface area contributed by atoms with Gasteiger partial charge >= 0.3 is 11.9 Å². The number of carbonyl (C=O) groups is 3. The van der Waals surface area contributed by atoms with Gasteiger partial charge in [0.25, 0.3) is 0 Å². The molecule has 1 aliphatic heterocycles. The Hall–Kier alpha value is -3.09. The van der Waals surface area contributed by atoms with Gasteiger partial charge in [0.1, 0.15) is 17.8 Å². The third-order valence-electron chi connectivity index (χ3n) is 6.99. The molecule has 3 aliphatic rings. The number of ether oxygens (including phenoxy) is 3. The quantitative estimate of drug-likeness (QED) is 0.536. The number of hydrogen-bond acceptors (Lipinski definition) is 7. The van der Waals surface area contributed by atoms with Crippen LogP contribution in [0.25, 0.3) is 0 Å². The van der Waals surface area contributed by atoms with Gasteiger partial charge in [0.15, 0.2) is 5.78 Å².